The molecule has 0 fully saturated rings. The molecule has 18 heavy (non-hydrogen) atoms. The molecule has 1 atom stereocenters. The molecule has 0 saturated carbocycles. The predicted molar refractivity (Wildman–Crippen MR) is 71.2 cm³/mol. The van der Waals surface area contributed by atoms with Crippen LogP contribution in [0.1, 0.15) is 18.3 Å². The van der Waals surface area contributed by atoms with Crippen LogP contribution in [0.4, 0.5) is 11.6 Å². The van der Waals surface area contributed by atoms with E-state index in [1.54, 1.807) is 12.5 Å². The topological polar surface area (TPSA) is 81.6 Å². The minimum Gasteiger partial charge on any atom is -0.383 e. The summed E-state index contributed by atoms with van der Waals surface area (Å²) < 4.78 is 2.02. The highest BCUT2D eigenvalue weighted by atomic mass is 15.1. The van der Waals surface area contributed by atoms with E-state index in [0.29, 0.717) is 11.6 Å². The van der Waals surface area contributed by atoms with E-state index in [9.17, 15) is 0 Å². The van der Waals surface area contributed by atoms with E-state index >= 15 is 0 Å². The van der Waals surface area contributed by atoms with Crippen LogP contribution in [0, 0.1) is 13.8 Å². The highest BCUT2D eigenvalue weighted by molar-refractivity contribution is 5.55. The van der Waals surface area contributed by atoms with Gasteiger partial charge in [0.25, 0.3) is 0 Å². The largest absolute Gasteiger partial charge is 0.383 e. The molecule has 2 aromatic heterocycles. The average Bonchev–Trinajstić information content (AvgIpc) is 2.77. The number of hydrogen-bond acceptors (Lipinski definition) is 5. The van der Waals surface area contributed by atoms with Gasteiger partial charge in [-0.15, -0.1) is 0 Å². The molecule has 0 aliphatic rings. The Morgan fingerprint density at radius 3 is 2.83 bits per heavy atom. The van der Waals surface area contributed by atoms with E-state index in [0.717, 1.165) is 17.9 Å². The van der Waals surface area contributed by atoms with Crippen LogP contribution in [0.3, 0.4) is 0 Å². The second-order valence-electron chi connectivity index (χ2n) is 4.43. The molecule has 0 spiro atoms. The summed E-state index contributed by atoms with van der Waals surface area (Å²) >= 11 is 0. The summed E-state index contributed by atoms with van der Waals surface area (Å²) in [5.74, 6) is 2.00. The number of hydrogen-bond donors (Lipinski definition) is 2. The molecule has 0 radical (unpaired) electrons. The second-order valence-corrected chi connectivity index (χ2v) is 4.43. The van der Waals surface area contributed by atoms with Gasteiger partial charge in [-0.2, -0.15) is 0 Å². The minimum absolute atomic E-state index is 0.228. The van der Waals surface area contributed by atoms with Gasteiger partial charge in [0.05, 0.1) is 6.33 Å². The Balaban J connectivity index is 2.09. The predicted octanol–water partition coefficient (Wildman–Crippen LogP) is 1.37. The second kappa shape index (κ2) is 5.03. The van der Waals surface area contributed by atoms with Crippen LogP contribution >= 0.6 is 0 Å². The Bertz CT molecular complexity index is 520. The van der Waals surface area contributed by atoms with Crippen LogP contribution in [-0.4, -0.2) is 25.6 Å². The minimum atomic E-state index is 0.228. The van der Waals surface area contributed by atoms with Gasteiger partial charge in [-0.1, -0.05) is 0 Å². The summed E-state index contributed by atoms with van der Waals surface area (Å²) in [6.07, 6.45) is 5.50. The van der Waals surface area contributed by atoms with Gasteiger partial charge in [0, 0.05) is 30.5 Å². The third-order valence-electron chi connectivity index (χ3n) is 2.72. The third kappa shape index (κ3) is 2.77. The fourth-order valence-corrected chi connectivity index (χ4v) is 1.78. The zero-order chi connectivity index (χ0) is 13.1. The smallest absolute Gasteiger partial charge is 0.135 e. The van der Waals surface area contributed by atoms with Crippen LogP contribution in [0.5, 0.6) is 0 Å². The Hall–Kier alpha value is -2.11. The van der Waals surface area contributed by atoms with Gasteiger partial charge in [-0.05, 0) is 20.8 Å². The first-order valence-corrected chi connectivity index (χ1v) is 5.89. The maximum Gasteiger partial charge on any atom is 0.135 e. The lowest BCUT2D eigenvalue weighted by Crippen LogP contribution is -2.23. The molecule has 2 aromatic rings. The molecule has 1 unspecified atom stereocenters. The summed E-state index contributed by atoms with van der Waals surface area (Å²) in [4.78, 5) is 12.5. The summed E-state index contributed by atoms with van der Waals surface area (Å²) in [6.45, 7) is 6.66. The number of nitrogens with one attached hydrogen (secondary N) is 1. The van der Waals surface area contributed by atoms with Crippen molar-refractivity contribution in [1.29, 1.82) is 0 Å². The molecule has 3 N–H and O–H groups in total. The van der Waals surface area contributed by atoms with E-state index in [1.807, 2.05) is 24.6 Å². The van der Waals surface area contributed by atoms with Crippen molar-refractivity contribution in [1.82, 2.24) is 19.5 Å². The molecule has 2 rings (SSSR count). The van der Waals surface area contributed by atoms with Gasteiger partial charge in [0.1, 0.15) is 17.5 Å². The van der Waals surface area contributed by atoms with Gasteiger partial charge in [0.15, 0.2) is 0 Å². The molecular weight excluding hydrogens is 228 g/mol. The van der Waals surface area contributed by atoms with Crippen molar-refractivity contribution in [2.24, 2.45) is 0 Å². The van der Waals surface area contributed by atoms with E-state index < -0.39 is 0 Å². The van der Waals surface area contributed by atoms with Crippen molar-refractivity contribution >= 4 is 11.6 Å². The molecule has 0 bridgehead atoms. The number of aromatic nitrogens is 4. The highest BCUT2D eigenvalue weighted by Crippen LogP contribution is 2.17. The molecule has 6 nitrogen and oxygen atoms in total. The molecule has 6 heteroatoms. The van der Waals surface area contributed by atoms with Gasteiger partial charge < -0.3 is 15.6 Å². The van der Waals surface area contributed by atoms with Crippen LogP contribution in [-0.2, 0) is 6.54 Å². The summed E-state index contributed by atoms with van der Waals surface area (Å²) in [6, 6.07) is 0.228. The van der Waals surface area contributed by atoms with E-state index in [-0.39, 0.29) is 6.04 Å². The van der Waals surface area contributed by atoms with Gasteiger partial charge in [-0.25, -0.2) is 15.0 Å². The van der Waals surface area contributed by atoms with E-state index in [2.05, 4.69) is 27.2 Å². The standard InChI is InChI=1S/C12H18N6/c1-8(6-18-5-4-14-7-18)15-12-9(2)11(13)16-10(3)17-12/h4-5,7-8H,6H2,1-3H3,(H3,13,15,16,17). The summed E-state index contributed by atoms with van der Waals surface area (Å²) in [5, 5.41) is 3.35. The monoisotopic (exact) mass is 246 g/mol. The Morgan fingerprint density at radius 1 is 1.39 bits per heavy atom. The first-order chi connectivity index (χ1) is 8.56. The summed E-state index contributed by atoms with van der Waals surface area (Å²) in [7, 11) is 0. The number of aryl methyl sites for hydroxylation is 1. The maximum absolute atomic E-state index is 5.83. The first-order valence-electron chi connectivity index (χ1n) is 5.89. The lowest BCUT2D eigenvalue weighted by atomic mass is 10.2. The Morgan fingerprint density at radius 2 is 2.17 bits per heavy atom. The van der Waals surface area contributed by atoms with Gasteiger partial charge in [-0.3, -0.25) is 0 Å². The Kier molecular flexibility index (Phi) is 3.45. The maximum atomic E-state index is 5.83. The molecular formula is C12H18N6. The number of imidazole rings is 1. The van der Waals surface area contributed by atoms with Crippen molar-refractivity contribution < 1.29 is 0 Å². The molecule has 2 heterocycles. The lowest BCUT2D eigenvalue weighted by Gasteiger charge is -2.17. The number of nitrogen functional groups attached to an aromatic ring is 1. The van der Waals surface area contributed by atoms with Crippen LogP contribution < -0.4 is 11.1 Å². The Labute approximate surface area is 106 Å². The normalized spacial score (nSPS) is 12.4. The zero-order valence-corrected chi connectivity index (χ0v) is 10.9. The van der Waals surface area contributed by atoms with E-state index in [1.165, 1.54) is 0 Å². The van der Waals surface area contributed by atoms with Gasteiger partial charge >= 0.3 is 0 Å². The van der Waals surface area contributed by atoms with Crippen LogP contribution in [0.2, 0.25) is 0 Å². The number of nitrogens with zero attached hydrogens (tertiary/aromatic N) is 4. The summed E-state index contributed by atoms with van der Waals surface area (Å²) in [5.41, 5.74) is 6.71. The molecule has 0 aliphatic heterocycles. The fraction of sp³-hybridized carbons (Fsp3) is 0.417. The third-order valence-corrected chi connectivity index (χ3v) is 2.72. The average molecular weight is 246 g/mol. The van der Waals surface area contributed by atoms with E-state index in [4.69, 9.17) is 5.73 Å². The fourth-order valence-electron chi connectivity index (χ4n) is 1.78. The lowest BCUT2D eigenvalue weighted by molar-refractivity contribution is 0.616. The van der Waals surface area contributed by atoms with Crippen molar-refractivity contribution in [3.8, 4) is 0 Å². The van der Waals surface area contributed by atoms with Crippen LogP contribution in [0.25, 0.3) is 0 Å². The molecule has 0 aromatic carbocycles. The molecule has 0 amide bonds. The van der Waals surface area contributed by atoms with Crippen molar-refractivity contribution in [2.75, 3.05) is 11.1 Å². The van der Waals surface area contributed by atoms with Crippen molar-refractivity contribution in [3.63, 3.8) is 0 Å². The molecule has 0 aliphatic carbocycles. The molecule has 0 saturated heterocycles. The first kappa shape index (κ1) is 12.3. The number of nitrogens with two attached hydrogens (primary N) is 1. The SMILES string of the molecule is Cc1nc(N)c(C)c(NC(C)Cn2ccnc2)n1. The molecule has 96 valence electrons. The number of anilines is 2. The van der Waals surface area contributed by atoms with Crippen molar-refractivity contribution in [3.05, 3.63) is 30.1 Å². The zero-order valence-electron chi connectivity index (χ0n) is 10.9. The highest BCUT2D eigenvalue weighted by Gasteiger charge is 2.09. The quantitative estimate of drug-likeness (QED) is 0.851. The van der Waals surface area contributed by atoms with Gasteiger partial charge in [0.2, 0.25) is 0 Å². The van der Waals surface area contributed by atoms with Crippen LogP contribution in [0.15, 0.2) is 18.7 Å². The number of rotatable bonds is 4. The van der Waals surface area contributed by atoms with Crippen molar-refractivity contribution in [2.45, 2.75) is 33.4 Å².